The molecule has 3 rings (SSSR count). The topological polar surface area (TPSA) is 53.2 Å². The Morgan fingerprint density at radius 2 is 2.00 bits per heavy atom. The Morgan fingerprint density at radius 3 is 2.67 bits per heavy atom. The molecule has 0 spiro atoms. The number of hydrogen-bond donors (Lipinski definition) is 0. The highest BCUT2D eigenvalue weighted by Gasteiger charge is 2.22. The number of hydrogen-bond acceptors (Lipinski definition) is 3. The first kappa shape index (κ1) is 13.8. The van der Waals surface area contributed by atoms with E-state index in [9.17, 15) is 14.0 Å². The molecule has 0 radical (unpaired) electrons. The van der Waals surface area contributed by atoms with Gasteiger partial charge in [-0.3, -0.25) is 13.9 Å². The third-order valence-corrected chi connectivity index (χ3v) is 3.55. The van der Waals surface area contributed by atoms with E-state index in [1.54, 1.807) is 24.3 Å². The first-order valence-corrected chi connectivity index (χ1v) is 6.84. The van der Waals surface area contributed by atoms with Crippen LogP contribution in [0.1, 0.15) is 24.6 Å². The van der Waals surface area contributed by atoms with Gasteiger partial charge < -0.3 is 4.74 Å². The lowest BCUT2D eigenvalue weighted by Gasteiger charge is -2.15. The van der Waals surface area contributed by atoms with Crippen molar-refractivity contribution in [1.29, 1.82) is 0 Å². The molecule has 1 saturated heterocycles. The third kappa shape index (κ3) is 2.67. The zero-order chi connectivity index (χ0) is 14.8. The Hall–Kier alpha value is -2.21. The quantitative estimate of drug-likeness (QED) is 0.861. The zero-order valence-corrected chi connectivity index (χ0v) is 11.4. The Morgan fingerprint density at radius 1 is 1.24 bits per heavy atom. The molecule has 0 N–H and O–H groups in total. The first-order valence-electron chi connectivity index (χ1n) is 6.84. The van der Waals surface area contributed by atoms with Gasteiger partial charge in [-0.15, -0.1) is 0 Å². The molecule has 21 heavy (non-hydrogen) atoms. The normalized spacial score (nSPS) is 18.0. The molecule has 0 unspecified atom stereocenters. The number of rotatable bonds is 3. The highest BCUT2D eigenvalue weighted by Crippen LogP contribution is 2.20. The van der Waals surface area contributed by atoms with Gasteiger partial charge in [-0.1, -0.05) is 30.3 Å². The van der Waals surface area contributed by atoms with E-state index in [1.807, 2.05) is 6.07 Å². The minimum Gasteiger partial charge on any atom is -0.358 e. The summed E-state index contributed by atoms with van der Waals surface area (Å²) in [5.74, 6) is -0.943. The van der Waals surface area contributed by atoms with Crippen LogP contribution in [-0.4, -0.2) is 15.7 Å². The minimum atomic E-state index is -0.943. The van der Waals surface area contributed by atoms with Gasteiger partial charge in [0.1, 0.15) is 6.23 Å². The molecule has 0 aliphatic carbocycles. The summed E-state index contributed by atoms with van der Waals surface area (Å²) in [6.45, 7) is 0.583. The van der Waals surface area contributed by atoms with Crippen molar-refractivity contribution < 1.29 is 9.13 Å². The van der Waals surface area contributed by atoms with Crippen LogP contribution < -0.4 is 11.2 Å². The van der Waals surface area contributed by atoms with Crippen molar-refractivity contribution in [2.75, 3.05) is 6.61 Å². The molecule has 0 saturated carbocycles. The van der Waals surface area contributed by atoms with Gasteiger partial charge in [0.05, 0.1) is 12.7 Å². The third-order valence-electron chi connectivity index (χ3n) is 3.55. The van der Waals surface area contributed by atoms with Crippen LogP contribution in [0.15, 0.2) is 46.1 Å². The second kappa shape index (κ2) is 5.65. The van der Waals surface area contributed by atoms with Gasteiger partial charge in [0.15, 0.2) is 0 Å². The number of aromatic nitrogens is 2. The maximum absolute atomic E-state index is 13.8. The lowest BCUT2D eigenvalue weighted by molar-refractivity contribution is 0.0504. The molecule has 1 aliphatic rings. The van der Waals surface area contributed by atoms with Crippen molar-refractivity contribution in [2.45, 2.75) is 25.6 Å². The van der Waals surface area contributed by atoms with E-state index in [0.29, 0.717) is 13.0 Å². The first-order chi connectivity index (χ1) is 10.2. The van der Waals surface area contributed by atoms with Crippen molar-refractivity contribution in [3.63, 3.8) is 0 Å². The second-order valence-electron chi connectivity index (χ2n) is 5.01. The maximum Gasteiger partial charge on any atom is 0.333 e. The van der Waals surface area contributed by atoms with Crippen LogP contribution in [0.3, 0.4) is 0 Å². The molecule has 2 heterocycles. The van der Waals surface area contributed by atoms with Gasteiger partial charge in [-0.2, -0.15) is 4.39 Å². The van der Waals surface area contributed by atoms with Crippen molar-refractivity contribution in [3.8, 4) is 0 Å². The Kier molecular flexibility index (Phi) is 3.70. The molecular weight excluding hydrogens is 275 g/mol. The van der Waals surface area contributed by atoms with E-state index in [2.05, 4.69) is 0 Å². The molecule has 0 amide bonds. The molecule has 1 aromatic carbocycles. The van der Waals surface area contributed by atoms with Crippen molar-refractivity contribution in [1.82, 2.24) is 9.13 Å². The standard InChI is InChI=1S/C15H15FN2O3/c16-12-10-17(13-7-4-8-21-13)15(20)18(14(12)19)9-11-5-2-1-3-6-11/h1-3,5-6,10,13H,4,7-9H2/t13-/m0/s1. The average Bonchev–Trinajstić information content (AvgIpc) is 3.02. The van der Waals surface area contributed by atoms with Crippen LogP contribution in [0.25, 0.3) is 0 Å². The molecule has 5 nitrogen and oxygen atoms in total. The lowest BCUT2D eigenvalue weighted by atomic mass is 10.2. The summed E-state index contributed by atoms with van der Waals surface area (Å²) in [6, 6.07) is 9.01. The van der Waals surface area contributed by atoms with E-state index in [1.165, 1.54) is 4.57 Å². The van der Waals surface area contributed by atoms with Crippen LogP contribution >= 0.6 is 0 Å². The molecular formula is C15H15FN2O3. The molecule has 0 bridgehead atoms. The molecule has 6 heteroatoms. The molecule has 1 aromatic heterocycles. The summed E-state index contributed by atoms with van der Waals surface area (Å²) in [5.41, 5.74) is -0.684. The van der Waals surface area contributed by atoms with E-state index in [-0.39, 0.29) is 6.54 Å². The maximum atomic E-state index is 13.8. The monoisotopic (exact) mass is 290 g/mol. The van der Waals surface area contributed by atoms with E-state index >= 15 is 0 Å². The summed E-state index contributed by atoms with van der Waals surface area (Å²) in [7, 11) is 0. The summed E-state index contributed by atoms with van der Waals surface area (Å²) in [5, 5.41) is 0. The lowest BCUT2D eigenvalue weighted by Crippen LogP contribution is -2.42. The smallest absolute Gasteiger partial charge is 0.333 e. The van der Waals surface area contributed by atoms with Crippen LogP contribution in [0, 0.1) is 5.82 Å². The minimum absolute atomic E-state index is 0.0446. The summed E-state index contributed by atoms with van der Waals surface area (Å²) >= 11 is 0. The number of nitrogens with zero attached hydrogens (tertiary/aromatic N) is 2. The predicted molar refractivity (Wildman–Crippen MR) is 74.7 cm³/mol. The van der Waals surface area contributed by atoms with Crippen molar-refractivity contribution >= 4 is 0 Å². The van der Waals surface area contributed by atoms with Gasteiger partial charge in [-0.25, -0.2) is 4.79 Å². The largest absolute Gasteiger partial charge is 0.358 e. The van der Waals surface area contributed by atoms with Gasteiger partial charge in [0, 0.05) is 6.61 Å². The summed E-state index contributed by atoms with van der Waals surface area (Å²) in [4.78, 5) is 24.3. The number of halogens is 1. The zero-order valence-electron chi connectivity index (χ0n) is 11.4. The average molecular weight is 290 g/mol. The van der Waals surface area contributed by atoms with Gasteiger partial charge in [-0.05, 0) is 18.4 Å². The van der Waals surface area contributed by atoms with Crippen LogP contribution in [0.5, 0.6) is 0 Å². The van der Waals surface area contributed by atoms with Crippen LogP contribution in [-0.2, 0) is 11.3 Å². The molecule has 1 atom stereocenters. The number of ether oxygens (including phenoxy) is 1. The predicted octanol–water partition coefficient (Wildman–Crippen LogP) is 1.51. The van der Waals surface area contributed by atoms with Crippen LogP contribution in [0.4, 0.5) is 4.39 Å². The van der Waals surface area contributed by atoms with Crippen molar-refractivity contribution in [2.24, 2.45) is 0 Å². The molecule has 2 aromatic rings. The Balaban J connectivity index is 2.06. The van der Waals surface area contributed by atoms with E-state index in [0.717, 1.165) is 22.7 Å². The van der Waals surface area contributed by atoms with Crippen LogP contribution in [0.2, 0.25) is 0 Å². The fourth-order valence-corrected chi connectivity index (χ4v) is 2.48. The fraction of sp³-hybridized carbons (Fsp3) is 0.333. The van der Waals surface area contributed by atoms with E-state index in [4.69, 9.17) is 4.74 Å². The summed E-state index contributed by atoms with van der Waals surface area (Å²) < 4.78 is 21.3. The Labute approximate surface area is 120 Å². The highest BCUT2D eigenvalue weighted by molar-refractivity contribution is 5.15. The SMILES string of the molecule is O=c1c(F)cn([C@@H]2CCCO2)c(=O)n1Cc1ccccc1. The van der Waals surface area contributed by atoms with E-state index < -0.39 is 23.3 Å². The Bertz CT molecular complexity index is 746. The molecule has 1 aliphatic heterocycles. The summed E-state index contributed by atoms with van der Waals surface area (Å²) in [6.07, 6.45) is 1.91. The van der Waals surface area contributed by atoms with Gasteiger partial charge in [0.2, 0.25) is 5.82 Å². The molecule has 1 fully saturated rings. The van der Waals surface area contributed by atoms with Gasteiger partial charge in [0.25, 0.3) is 5.56 Å². The second-order valence-corrected chi connectivity index (χ2v) is 5.01. The number of benzene rings is 1. The fourth-order valence-electron chi connectivity index (χ4n) is 2.48. The van der Waals surface area contributed by atoms with Crippen molar-refractivity contribution in [3.05, 3.63) is 68.7 Å². The highest BCUT2D eigenvalue weighted by atomic mass is 19.1. The molecule has 110 valence electrons. The van der Waals surface area contributed by atoms with Gasteiger partial charge >= 0.3 is 5.69 Å².